The van der Waals surface area contributed by atoms with Crippen LogP contribution in [-0.4, -0.2) is 42.2 Å². The third kappa shape index (κ3) is 12.4. The lowest BCUT2D eigenvalue weighted by molar-refractivity contribution is -0.143. The average molecular weight is 788 g/mol. The van der Waals surface area contributed by atoms with Gasteiger partial charge < -0.3 is 4.90 Å². The first-order chi connectivity index (χ1) is 26.6. The lowest BCUT2D eigenvalue weighted by Gasteiger charge is -2.42. The summed E-state index contributed by atoms with van der Waals surface area (Å²) in [6.45, 7) is 17.8. The van der Waals surface area contributed by atoms with Gasteiger partial charge in [-0.15, -0.1) is 0 Å². The van der Waals surface area contributed by atoms with Crippen LogP contribution in [0.3, 0.4) is 0 Å². The number of unbranched alkanes of at least 4 members (excludes halogenated alkanes) is 2. The van der Waals surface area contributed by atoms with Crippen LogP contribution in [0.1, 0.15) is 134 Å². The molecule has 0 saturated heterocycles. The number of hydrogen-bond donors (Lipinski definition) is 1. The first kappa shape index (κ1) is 45.1. The molecule has 2 aliphatic carbocycles. The molecule has 0 spiro atoms. The van der Waals surface area contributed by atoms with Crippen molar-refractivity contribution in [3.05, 3.63) is 82.7 Å². The summed E-state index contributed by atoms with van der Waals surface area (Å²) >= 11 is 0. The molecule has 5 rings (SSSR count). The summed E-state index contributed by atoms with van der Waals surface area (Å²) in [7, 11) is 2.21. The van der Waals surface area contributed by atoms with Crippen molar-refractivity contribution in [2.75, 3.05) is 20.1 Å². The molecular formula is C45H63F6N5. The molecule has 56 heavy (non-hydrogen) atoms. The van der Waals surface area contributed by atoms with Crippen LogP contribution in [-0.2, 0) is 18.8 Å². The smallest absolute Gasteiger partial charge is 0.306 e. The number of hydrazine groups is 1. The van der Waals surface area contributed by atoms with Crippen LogP contribution in [0.2, 0.25) is 0 Å². The quantitative estimate of drug-likeness (QED) is 0.153. The number of rotatable bonds is 14. The molecular weight excluding hydrogens is 725 g/mol. The maximum Gasteiger partial charge on any atom is 0.416 e. The summed E-state index contributed by atoms with van der Waals surface area (Å²) in [6, 6.07) is 9.64. The molecule has 3 aliphatic rings. The molecule has 1 unspecified atom stereocenters. The van der Waals surface area contributed by atoms with Gasteiger partial charge in [0.2, 0.25) is 5.96 Å². The summed E-state index contributed by atoms with van der Waals surface area (Å²) in [4.78, 5) is 11.0. The number of aryl methyl sites for hydroxylation is 1. The number of guanidine groups is 1. The monoisotopic (exact) mass is 787 g/mol. The number of benzene rings is 2. The molecule has 11 heteroatoms. The van der Waals surface area contributed by atoms with Crippen LogP contribution in [0, 0.1) is 23.7 Å². The van der Waals surface area contributed by atoms with E-state index < -0.39 is 29.2 Å². The van der Waals surface area contributed by atoms with Crippen molar-refractivity contribution < 1.29 is 26.3 Å². The van der Waals surface area contributed by atoms with Gasteiger partial charge in [0.25, 0.3) is 0 Å². The van der Waals surface area contributed by atoms with Gasteiger partial charge in [-0.25, -0.2) is 9.98 Å². The number of halogens is 6. The standard InChI is InChI=1S/C36H42F6N4.C9H21N/c1-5-22(3)33(28-12-10-24(6-2)11-13-28)32-21-43-34(44-31-19-29(35(37,38)39)18-30(20-31)36(40,41)42)45-46(32)23(4)25-14-16-27(17-15-25)26-8-7-9-26;1-4-6-7-9-10(3)8-5-2/h10-13,18-22,25-27H,4-9,14-17H2,1-3H3,(H,44,45);4-9H2,1-3H3/b33-32+;. The van der Waals surface area contributed by atoms with E-state index in [1.807, 2.05) is 5.01 Å². The van der Waals surface area contributed by atoms with Crippen molar-refractivity contribution >= 4 is 23.4 Å². The highest BCUT2D eigenvalue weighted by atomic mass is 19.4. The van der Waals surface area contributed by atoms with Crippen LogP contribution in [0.15, 0.2) is 70.4 Å². The van der Waals surface area contributed by atoms with Crippen LogP contribution in [0.5, 0.6) is 0 Å². The number of nitrogens with zero attached hydrogens (tertiary/aromatic N) is 4. The maximum absolute atomic E-state index is 13.6. The van der Waals surface area contributed by atoms with Crippen molar-refractivity contribution in [3.8, 4) is 0 Å². The molecule has 1 N–H and O–H groups in total. The number of alkyl halides is 6. The molecule has 310 valence electrons. The van der Waals surface area contributed by atoms with Gasteiger partial charge in [-0.2, -0.15) is 26.3 Å². The molecule has 5 nitrogen and oxygen atoms in total. The summed E-state index contributed by atoms with van der Waals surface area (Å²) < 4.78 is 81.4. The predicted molar refractivity (Wildman–Crippen MR) is 218 cm³/mol. The fourth-order valence-corrected chi connectivity index (χ4v) is 7.92. The van der Waals surface area contributed by atoms with Crippen molar-refractivity contribution in [1.82, 2.24) is 15.3 Å². The highest BCUT2D eigenvalue weighted by molar-refractivity contribution is 6.01. The highest BCUT2D eigenvalue weighted by Gasteiger charge is 2.38. The summed E-state index contributed by atoms with van der Waals surface area (Å²) in [5.41, 5.74) is 4.53. The van der Waals surface area contributed by atoms with Gasteiger partial charge in [0.1, 0.15) is 0 Å². The van der Waals surface area contributed by atoms with Crippen LogP contribution < -0.4 is 5.43 Å². The molecule has 0 radical (unpaired) electrons. The zero-order chi connectivity index (χ0) is 41.0. The van der Waals surface area contributed by atoms with Crippen molar-refractivity contribution in [3.63, 3.8) is 0 Å². The Morgan fingerprint density at radius 3 is 1.96 bits per heavy atom. The topological polar surface area (TPSA) is 43.2 Å². The molecule has 0 aromatic heterocycles. The van der Waals surface area contributed by atoms with Gasteiger partial charge in [-0.05, 0) is 124 Å². The van der Waals surface area contributed by atoms with Gasteiger partial charge >= 0.3 is 12.4 Å². The highest BCUT2D eigenvalue weighted by Crippen LogP contribution is 2.45. The van der Waals surface area contributed by atoms with Gasteiger partial charge in [0, 0.05) is 11.6 Å². The van der Waals surface area contributed by atoms with E-state index in [9.17, 15) is 26.3 Å². The fourth-order valence-electron chi connectivity index (χ4n) is 7.92. The van der Waals surface area contributed by atoms with Crippen LogP contribution >= 0.6 is 0 Å². The number of nitrogens with one attached hydrogen (secondary N) is 1. The number of aliphatic imine (C=N–C) groups is 2. The minimum atomic E-state index is -4.98. The fraction of sp³-hybridized carbons (Fsp3) is 0.600. The third-order valence-corrected chi connectivity index (χ3v) is 11.7. The van der Waals surface area contributed by atoms with Crippen molar-refractivity contribution in [2.24, 2.45) is 33.7 Å². The van der Waals surface area contributed by atoms with Gasteiger partial charge in [-0.3, -0.25) is 10.4 Å². The molecule has 1 heterocycles. The van der Waals surface area contributed by atoms with Gasteiger partial charge in [0.15, 0.2) is 0 Å². The largest absolute Gasteiger partial charge is 0.416 e. The molecule has 1 aliphatic heterocycles. The van der Waals surface area contributed by atoms with E-state index >= 15 is 0 Å². The molecule has 0 bridgehead atoms. The Labute approximate surface area is 331 Å². The van der Waals surface area contributed by atoms with E-state index in [0.29, 0.717) is 12.1 Å². The molecule has 2 aromatic carbocycles. The lowest BCUT2D eigenvalue weighted by Crippen LogP contribution is -2.46. The van der Waals surface area contributed by atoms with Gasteiger partial charge in [0.05, 0.1) is 28.7 Å². The van der Waals surface area contributed by atoms with Crippen LogP contribution in [0.25, 0.3) is 5.57 Å². The third-order valence-electron chi connectivity index (χ3n) is 11.7. The Balaban J connectivity index is 0.000000613. The molecule has 2 aromatic rings. The number of hydrogen-bond acceptors (Lipinski definition) is 3. The van der Waals surface area contributed by atoms with Crippen molar-refractivity contribution in [1.29, 1.82) is 0 Å². The summed E-state index contributed by atoms with van der Waals surface area (Å²) in [5.74, 6) is 1.66. The average Bonchev–Trinajstić information content (AvgIpc) is 3.14. The summed E-state index contributed by atoms with van der Waals surface area (Å²) in [6.07, 6.45) is 6.78. The second-order valence-corrected chi connectivity index (χ2v) is 15.9. The Hall–Kier alpha value is -3.60. The van der Waals surface area contributed by atoms with Crippen molar-refractivity contribution in [2.45, 2.75) is 130 Å². The Morgan fingerprint density at radius 2 is 1.46 bits per heavy atom. The van der Waals surface area contributed by atoms with E-state index in [0.717, 1.165) is 72.9 Å². The molecule has 2 saturated carbocycles. The summed E-state index contributed by atoms with van der Waals surface area (Å²) in [5, 5.41) is 1.81. The predicted octanol–water partition coefficient (Wildman–Crippen LogP) is 13.3. The second-order valence-electron chi connectivity index (χ2n) is 15.9. The number of allylic oxidation sites excluding steroid dienone is 3. The SMILES string of the molecule is C=C(C1CCC(C2CCC2)CC1)N1NC(=Nc2cc(C(F)(F)F)cc(C(F)(F)F)c2)N=C/C1=C(\c1ccc(CC)cc1)C(C)CC.CCCCCN(C)CCC. The molecule has 1 atom stereocenters. The lowest BCUT2D eigenvalue weighted by atomic mass is 9.68. The Kier molecular flexibility index (Phi) is 16.7. The maximum atomic E-state index is 13.6. The molecule has 0 amide bonds. The van der Waals surface area contributed by atoms with Gasteiger partial charge in [-0.1, -0.05) is 97.6 Å². The first-order valence-electron chi connectivity index (χ1n) is 20.8. The van der Waals surface area contributed by atoms with E-state index in [-0.39, 0.29) is 23.9 Å². The van der Waals surface area contributed by atoms with E-state index in [1.165, 1.54) is 63.6 Å². The minimum absolute atomic E-state index is 0.0957. The van der Waals surface area contributed by atoms with E-state index in [2.05, 4.69) is 92.8 Å². The second kappa shape index (κ2) is 20.7. The Bertz CT molecular complexity index is 1610. The zero-order valence-corrected chi connectivity index (χ0v) is 34.3. The minimum Gasteiger partial charge on any atom is -0.306 e. The Morgan fingerprint density at radius 1 is 0.857 bits per heavy atom. The van der Waals surface area contributed by atoms with E-state index in [1.54, 1.807) is 6.21 Å². The molecule has 2 fully saturated rings. The zero-order valence-electron chi connectivity index (χ0n) is 34.3. The first-order valence-corrected chi connectivity index (χ1v) is 20.8. The van der Waals surface area contributed by atoms with Crippen LogP contribution in [0.4, 0.5) is 32.0 Å². The normalized spacial score (nSPS) is 21.3. The van der Waals surface area contributed by atoms with E-state index in [4.69, 9.17) is 0 Å².